The lowest BCUT2D eigenvalue weighted by Gasteiger charge is -1.92. The van der Waals surface area contributed by atoms with Crippen molar-refractivity contribution in [3.63, 3.8) is 0 Å². The Kier molecular flexibility index (Phi) is 10.7. The van der Waals surface area contributed by atoms with Crippen LogP contribution in [0.2, 0.25) is 0 Å². The quantitative estimate of drug-likeness (QED) is 0.445. The smallest absolute Gasteiger partial charge is 0.289 e. The normalized spacial score (nSPS) is 11.8. The molecule has 0 amide bonds. The van der Waals surface area contributed by atoms with E-state index in [2.05, 4.69) is 49.7 Å². The average molecular weight is 379 g/mol. The Morgan fingerprint density at radius 2 is 1.25 bits per heavy atom. The molecule has 0 radical (unpaired) electrons. The van der Waals surface area contributed by atoms with Crippen molar-refractivity contribution in [2.45, 2.75) is 0 Å². The zero-order valence-corrected chi connectivity index (χ0v) is 12.5. The van der Waals surface area contributed by atoms with Crippen molar-refractivity contribution < 1.29 is 9.13 Å². The molecular formula is C2H4BrCl5O2P2. The van der Waals surface area contributed by atoms with E-state index in [-0.39, 0.29) is 0 Å². The van der Waals surface area contributed by atoms with Crippen molar-refractivity contribution >= 4 is 83.2 Å². The van der Waals surface area contributed by atoms with Crippen molar-refractivity contribution in [3.05, 3.63) is 0 Å². The molecule has 2 nitrogen and oxygen atoms in total. The van der Waals surface area contributed by atoms with E-state index in [1.54, 1.807) is 0 Å². The fourth-order valence-electron chi connectivity index (χ4n) is 0.0984. The molecule has 0 fully saturated rings. The van der Waals surface area contributed by atoms with E-state index < -0.39 is 11.0 Å². The van der Waals surface area contributed by atoms with Gasteiger partial charge in [0, 0.05) is 11.5 Å². The Morgan fingerprint density at radius 3 is 1.25 bits per heavy atom. The molecule has 12 heavy (non-hydrogen) atoms. The molecule has 0 saturated heterocycles. The van der Waals surface area contributed by atoms with E-state index in [1.165, 1.54) is 0 Å². The monoisotopic (exact) mass is 376 g/mol. The first-order valence-corrected chi connectivity index (χ1v) is 11.5. The Bertz CT molecular complexity index is 189. The molecule has 0 saturated carbocycles. The summed E-state index contributed by atoms with van der Waals surface area (Å²) >= 11 is 27.1. The van der Waals surface area contributed by atoms with E-state index in [0.717, 1.165) is 0 Å². The second kappa shape index (κ2) is 7.65. The number of alkyl halides is 1. The Morgan fingerprint density at radius 1 is 1.00 bits per heavy atom. The molecule has 10 heteroatoms. The summed E-state index contributed by atoms with van der Waals surface area (Å²) in [5.74, 6) is -2.77. The topological polar surface area (TPSA) is 34.1 Å². The van der Waals surface area contributed by atoms with Gasteiger partial charge < -0.3 is 0 Å². The van der Waals surface area contributed by atoms with Gasteiger partial charge in [-0.1, -0.05) is 15.9 Å². The summed E-state index contributed by atoms with van der Waals surface area (Å²) in [5, 5.41) is -2.63. The molecule has 0 unspecified atom stereocenters. The third kappa shape index (κ3) is 39.4. The number of rotatable bonds is 2. The lowest BCUT2D eigenvalue weighted by molar-refractivity contribution is 0.593. The molecule has 0 aliphatic rings. The van der Waals surface area contributed by atoms with Crippen LogP contribution in [0.25, 0.3) is 0 Å². The number of hydrogen-bond donors (Lipinski definition) is 0. The lowest BCUT2D eigenvalue weighted by Crippen LogP contribution is -1.74. The van der Waals surface area contributed by atoms with Gasteiger partial charge in [0.2, 0.25) is 0 Å². The molecule has 0 N–H and O–H groups in total. The standard InChI is InChI=1S/C2H4BrCl2OP.Cl3OP/c3-1-2-7(4,5)6;1-5(2,3)4/h1-2H2;. The van der Waals surface area contributed by atoms with E-state index >= 15 is 0 Å². The maximum atomic E-state index is 10.3. The van der Waals surface area contributed by atoms with Gasteiger partial charge in [-0.3, -0.25) is 9.13 Å². The first-order chi connectivity index (χ1) is 5.06. The molecule has 0 atom stereocenters. The number of hydrogen-bond acceptors (Lipinski definition) is 2. The van der Waals surface area contributed by atoms with Gasteiger partial charge in [0.05, 0.1) is 0 Å². The molecule has 0 aromatic carbocycles. The number of halogens is 6. The minimum Gasteiger partial charge on any atom is -0.289 e. The zero-order chi connectivity index (χ0) is 10.4. The van der Waals surface area contributed by atoms with Gasteiger partial charge >= 0.3 is 5.20 Å². The van der Waals surface area contributed by atoms with Crippen LogP contribution in [0.4, 0.5) is 0 Å². The van der Waals surface area contributed by atoms with Crippen LogP contribution in [-0.2, 0) is 9.13 Å². The van der Waals surface area contributed by atoms with Crippen LogP contribution in [-0.4, -0.2) is 11.5 Å². The van der Waals surface area contributed by atoms with E-state index in [1.807, 2.05) is 0 Å². The molecule has 0 aliphatic carbocycles. The minimum absolute atomic E-state index is 0.343. The summed E-state index contributed by atoms with van der Waals surface area (Å²) in [6, 6.07) is 0. The highest BCUT2D eigenvalue weighted by Gasteiger charge is 2.10. The maximum Gasteiger partial charge on any atom is 0.339 e. The Balaban J connectivity index is 0. The van der Waals surface area contributed by atoms with Crippen molar-refractivity contribution in [1.29, 1.82) is 0 Å². The minimum atomic E-state index is -3.22. The lowest BCUT2D eigenvalue weighted by atomic mass is 11.0. The Labute approximate surface area is 103 Å². The van der Waals surface area contributed by atoms with Gasteiger partial charge in [-0.05, 0) is 56.2 Å². The van der Waals surface area contributed by atoms with Crippen LogP contribution in [0, 0.1) is 0 Å². The highest BCUT2D eigenvalue weighted by atomic mass is 79.9. The van der Waals surface area contributed by atoms with E-state index in [9.17, 15) is 9.13 Å². The largest absolute Gasteiger partial charge is 0.339 e. The summed E-state index contributed by atoms with van der Waals surface area (Å²) in [6.07, 6.45) is 0.343. The first-order valence-electron chi connectivity index (χ1n) is 2.29. The average Bonchev–Trinajstić information content (AvgIpc) is 1.54. The highest BCUT2D eigenvalue weighted by Crippen LogP contribution is 2.61. The van der Waals surface area contributed by atoms with Gasteiger partial charge in [0.1, 0.15) is 0 Å². The van der Waals surface area contributed by atoms with Crippen LogP contribution >= 0.6 is 83.2 Å². The summed E-state index contributed by atoms with van der Waals surface area (Å²) < 4.78 is 19.8. The fourth-order valence-corrected chi connectivity index (χ4v) is 3.53. The molecular weight excluding hydrogens is 375 g/mol. The summed E-state index contributed by atoms with van der Waals surface area (Å²) in [7, 11) is 0. The Hall–Kier alpha value is 2.39. The predicted molar refractivity (Wildman–Crippen MR) is 63.1 cm³/mol. The van der Waals surface area contributed by atoms with Gasteiger partial charge in [-0.25, -0.2) is 0 Å². The predicted octanol–water partition coefficient (Wildman–Crippen LogP) is 5.86. The molecule has 0 bridgehead atoms. The molecule has 0 rings (SSSR count). The third-order valence-corrected chi connectivity index (χ3v) is 3.11. The van der Waals surface area contributed by atoms with Gasteiger partial charge in [-0.2, -0.15) is 0 Å². The van der Waals surface area contributed by atoms with Crippen LogP contribution in [0.5, 0.6) is 0 Å². The first kappa shape index (κ1) is 16.8. The summed E-state index contributed by atoms with van der Waals surface area (Å²) in [5.41, 5.74) is 0. The van der Waals surface area contributed by atoms with Crippen molar-refractivity contribution in [3.8, 4) is 0 Å². The molecule has 0 aliphatic heterocycles. The van der Waals surface area contributed by atoms with Crippen LogP contribution in [0.1, 0.15) is 0 Å². The second-order valence-electron chi connectivity index (χ2n) is 1.38. The molecule has 0 aromatic rings. The van der Waals surface area contributed by atoms with Gasteiger partial charge in [-0.15, -0.1) is 0 Å². The highest BCUT2D eigenvalue weighted by molar-refractivity contribution is 9.09. The zero-order valence-electron chi connectivity index (χ0n) is 5.39. The second-order valence-corrected chi connectivity index (χ2v) is 14.2. The SMILES string of the molecule is O=P(Cl)(Cl)CCBr.O=P(Cl)(Cl)Cl. The molecule has 0 heterocycles. The summed E-state index contributed by atoms with van der Waals surface area (Å²) in [4.78, 5) is 0. The third-order valence-electron chi connectivity index (χ3n) is 0.345. The fraction of sp³-hybridized carbons (Fsp3) is 1.00. The maximum absolute atomic E-state index is 10.3. The van der Waals surface area contributed by atoms with E-state index in [0.29, 0.717) is 11.5 Å². The van der Waals surface area contributed by atoms with Crippen LogP contribution < -0.4 is 0 Å². The molecule has 0 aromatic heterocycles. The van der Waals surface area contributed by atoms with Crippen LogP contribution in [0.3, 0.4) is 0 Å². The van der Waals surface area contributed by atoms with Crippen LogP contribution in [0.15, 0.2) is 0 Å². The summed E-state index contributed by atoms with van der Waals surface area (Å²) in [6.45, 7) is 0. The molecule has 0 spiro atoms. The molecule has 76 valence electrons. The van der Waals surface area contributed by atoms with Crippen molar-refractivity contribution in [2.24, 2.45) is 0 Å². The van der Waals surface area contributed by atoms with Gasteiger partial charge in [0.25, 0.3) is 5.85 Å². The van der Waals surface area contributed by atoms with Crippen molar-refractivity contribution in [1.82, 2.24) is 0 Å². The van der Waals surface area contributed by atoms with Gasteiger partial charge in [0.15, 0.2) is 0 Å². The van der Waals surface area contributed by atoms with E-state index in [4.69, 9.17) is 22.5 Å². The van der Waals surface area contributed by atoms with Crippen molar-refractivity contribution in [2.75, 3.05) is 11.5 Å².